The Kier molecular flexibility index (Phi) is 5.41. The van der Waals surface area contributed by atoms with Gasteiger partial charge in [-0.05, 0) is 37.6 Å². The van der Waals surface area contributed by atoms with Crippen LogP contribution in [0.3, 0.4) is 0 Å². The maximum atomic E-state index is 11.7. The van der Waals surface area contributed by atoms with E-state index in [0.29, 0.717) is 19.0 Å². The second-order valence-corrected chi connectivity index (χ2v) is 7.38. The third-order valence-electron chi connectivity index (χ3n) is 3.52. The Morgan fingerprint density at radius 2 is 1.94 bits per heavy atom. The summed E-state index contributed by atoms with van der Waals surface area (Å²) in [7, 11) is -3.07. The first-order valence-electron chi connectivity index (χ1n) is 6.60. The molecule has 0 aromatic heterocycles. The molecule has 5 heteroatoms. The van der Waals surface area contributed by atoms with Crippen LogP contribution in [0.2, 0.25) is 0 Å². The van der Waals surface area contributed by atoms with Crippen LogP contribution in [-0.2, 0) is 10.0 Å². The van der Waals surface area contributed by atoms with E-state index in [2.05, 4.69) is 30.8 Å². The van der Waals surface area contributed by atoms with Gasteiger partial charge in [0.1, 0.15) is 0 Å². The molecule has 0 aromatic rings. The highest BCUT2D eigenvalue weighted by molar-refractivity contribution is 7.89. The molecule has 102 valence electrons. The van der Waals surface area contributed by atoms with Gasteiger partial charge in [0, 0.05) is 12.6 Å². The van der Waals surface area contributed by atoms with Crippen molar-refractivity contribution in [3.63, 3.8) is 0 Å². The Hall–Kier alpha value is -0.130. The van der Waals surface area contributed by atoms with E-state index in [1.165, 1.54) is 12.8 Å². The van der Waals surface area contributed by atoms with E-state index in [0.717, 1.165) is 13.0 Å². The van der Waals surface area contributed by atoms with E-state index in [1.54, 1.807) is 0 Å². The zero-order chi connectivity index (χ0) is 12.9. The summed E-state index contributed by atoms with van der Waals surface area (Å²) in [6, 6.07) is 0.417. The fraction of sp³-hybridized carbons (Fsp3) is 1.00. The van der Waals surface area contributed by atoms with Gasteiger partial charge in [-0.2, -0.15) is 0 Å². The fourth-order valence-electron chi connectivity index (χ4n) is 1.82. The average Bonchev–Trinajstić information content (AvgIpc) is 3.03. The Labute approximate surface area is 106 Å². The Morgan fingerprint density at radius 1 is 1.29 bits per heavy atom. The predicted molar refractivity (Wildman–Crippen MR) is 71.5 cm³/mol. The number of hydrogen-bond donors (Lipinski definition) is 2. The first-order chi connectivity index (χ1) is 7.89. The molecule has 0 unspecified atom stereocenters. The van der Waals surface area contributed by atoms with E-state index in [-0.39, 0.29) is 11.2 Å². The minimum Gasteiger partial charge on any atom is -0.314 e. The Balaban J connectivity index is 2.17. The van der Waals surface area contributed by atoms with Crippen molar-refractivity contribution in [2.45, 2.75) is 52.5 Å². The monoisotopic (exact) mass is 262 g/mol. The van der Waals surface area contributed by atoms with Crippen LogP contribution in [0.15, 0.2) is 0 Å². The van der Waals surface area contributed by atoms with Gasteiger partial charge in [0.05, 0.1) is 5.75 Å². The number of hydrogen-bond acceptors (Lipinski definition) is 3. The molecule has 0 aromatic carbocycles. The van der Waals surface area contributed by atoms with Crippen molar-refractivity contribution in [1.29, 1.82) is 0 Å². The van der Waals surface area contributed by atoms with Crippen LogP contribution in [0.4, 0.5) is 0 Å². The lowest BCUT2D eigenvalue weighted by molar-refractivity contribution is 0.474. The summed E-state index contributed by atoms with van der Waals surface area (Å²) < 4.78 is 26.2. The van der Waals surface area contributed by atoms with Gasteiger partial charge in [-0.3, -0.25) is 0 Å². The normalized spacial score (nSPS) is 18.6. The molecule has 1 fully saturated rings. The molecule has 1 rings (SSSR count). The summed E-state index contributed by atoms with van der Waals surface area (Å²) in [4.78, 5) is 0. The van der Waals surface area contributed by atoms with Gasteiger partial charge < -0.3 is 5.32 Å². The molecule has 0 radical (unpaired) electrons. The minimum absolute atomic E-state index is 0.229. The van der Waals surface area contributed by atoms with Gasteiger partial charge in [0.2, 0.25) is 10.0 Å². The van der Waals surface area contributed by atoms with Crippen LogP contribution < -0.4 is 10.0 Å². The molecule has 0 heterocycles. The standard InChI is InChI=1S/C12H26N2O2S/c1-4-12(6-7-12)10-14-17(15,16)9-5-8-13-11(2)3/h11,13-14H,4-10H2,1-3H3. The number of sulfonamides is 1. The highest BCUT2D eigenvalue weighted by Crippen LogP contribution is 2.47. The third-order valence-corrected chi connectivity index (χ3v) is 4.93. The molecule has 0 atom stereocenters. The lowest BCUT2D eigenvalue weighted by Gasteiger charge is -2.14. The molecule has 0 saturated heterocycles. The SMILES string of the molecule is CCC1(CNS(=O)(=O)CCCNC(C)C)CC1. The zero-order valence-electron chi connectivity index (χ0n) is 11.3. The van der Waals surface area contributed by atoms with Gasteiger partial charge in [-0.25, -0.2) is 13.1 Å². The fourth-order valence-corrected chi connectivity index (χ4v) is 3.02. The largest absolute Gasteiger partial charge is 0.314 e. The summed E-state index contributed by atoms with van der Waals surface area (Å²) in [5.41, 5.74) is 0.281. The summed E-state index contributed by atoms with van der Waals surface area (Å²) in [6.07, 6.45) is 4.08. The van der Waals surface area contributed by atoms with Gasteiger partial charge in [0.25, 0.3) is 0 Å². The lowest BCUT2D eigenvalue weighted by atomic mass is 10.1. The second-order valence-electron chi connectivity index (χ2n) is 5.46. The van der Waals surface area contributed by atoms with Crippen molar-refractivity contribution in [3.8, 4) is 0 Å². The summed E-state index contributed by atoms with van der Waals surface area (Å²) in [5, 5.41) is 3.22. The summed E-state index contributed by atoms with van der Waals surface area (Å²) in [5.74, 6) is 0.229. The maximum absolute atomic E-state index is 11.7. The van der Waals surface area contributed by atoms with Crippen LogP contribution >= 0.6 is 0 Å². The third kappa shape index (κ3) is 5.84. The van der Waals surface area contributed by atoms with Crippen molar-refractivity contribution < 1.29 is 8.42 Å². The predicted octanol–water partition coefficient (Wildman–Crippen LogP) is 1.48. The van der Waals surface area contributed by atoms with Crippen molar-refractivity contribution in [2.75, 3.05) is 18.8 Å². The summed E-state index contributed by atoms with van der Waals surface area (Å²) >= 11 is 0. The second kappa shape index (κ2) is 6.16. The van der Waals surface area contributed by atoms with E-state index < -0.39 is 10.0 Å². The molecule has 1 aliphatic rings. The molecule has 0 bridgehead atoms. The highest BCUT2D eigenvalue weighted by Gasteiger charge is 2.40. The van der Waals surface area contributed by atoms with E-state index in [1.807, 2.05) is 0 Å². The molecule has 17 heavy (non-hydrogen) atoms. The van der Waals surface area contributed by atoms with Crippen molar-refractivity contribution in [1.82, 2.24) is 10.0 Å². The molecule has 1 aliphatic carbocycles. The van der Waals surface area contributed by atoms with Crippen LogP contribution in [0, 0.1) is 5.41 Å². The number of nitrogens with one attached hydrogen (secondary N) is 2. The van der Waals surface area contributed by atoms with Crippen LogP contribution in [-0.4, -0.2) is 33.3 Å². The first kappa shape index (κ1) is 14.9. The quantitative estimate of drug-likeness (QED) is 0.619. The molecule has 1 saturated carbocycles. The smallest absolute Gasteiger partial charge is 0.211 e. The van der Waals surface area contributed by atoms with Gasteiger partial charge in [-0.1, -0.05) is 20.8 Å². The lowest BCUT2D eigenvalue weighted by Crippen LogP contribution is -2.33. The van der Waals surface area contributed by atoms with Crippen molar-refractivity contribution in [2.24, 2.45) is 5.41 Å². The van der Waals surface area contributed by atoms with Crippen LogP contribution in [0.5, 0.6) is 0 Å². The number of rotatable bonds is 9. The molecular formula is C12H26N2O2S. The topological polar surface area (TPSA) is 58.2 Å². The van der Waals surface area contributed by atoms with Gasteiger partial charge in [-0.15, -0.1) is 0 Å². The van der Waals surface area contributed by atoms with Crippen molar-refractivity contribution >= 4 is 10.0 Å². The molecular weight excluding hydrogens is 236 g/mol. The van der Waals surface area contributed by atoms with Gasteiger partial charge in [0.15, 0.2) is 0 Å². The summed E-state index contributed by atoms with van der Waals surface area (Å²) in [6.45, 7) is 7.64. The maximum Gasteiger partial charge on any atom is 0.211 e. The molecule has 4 nitrogen and oxygen atoms in total. The molecule has 0 spiro atoms. The van der Waals surface area contributed by atoms with E-state index >= 15 is 0 Å². The average molecular weight is 262 g/mol. The highest BCUT2D eigenvalue weighted by atomic mass is 32.2. The van der Waals surface area contributed by atoms with Crippen LogP contribution in [0.25, 0.3) is 0 Å². The van der Waals surface area contributed by atoms with Crippen LogP contribution in [0.1, 0.15) is 46.5 Å². The Morgan fingerprint density at radius 3 is 2.41 bits per heavy atom. The van der Waals surface area contributed by atoms with E-state index in [4.69, 9.17) is 0 Å². The molecule has 0 aliphatic heterocycles. The molecule has 2 N–H and O–H groups in total. The molecule has 0 amide bonds. The van der Waals surface area contributed by atoms with Crippen molar-refractivity contribution in [3.05, 3.63) is 0 Å². The Bertz CT molecular complexity index is 321. The van der Waals surface area contributed by atoms with Gasteiger partial charge >= 0.3 is 0 Å². The van der Waals surface area contributed by atoms with E-state index in [9.17, 15) is 8.42 Å². The zero-order valence-corrected chi connectivity index (χ0v) is 12.1. The minimum atomic E-state index is -3.07. The first-order valence-corrected chi connectivity index (χ1v) is 8.25.